The molecule has 342 valence electrons. The van der Waals surface area contributed by atoms with Gasteiger partial charge in [-0.15, -0.1) is 0 Å². The fourth-order valence-corrected chi connectivity index (χ4v) is 8.13. The summed E-state index contributed by atoms with van der Waals surface area (Å²) in [4.78, 5) is 34.1. The second kappa shape index (κ2) is 19.6. The van der Waals surface area contributed by atoms with E-state index in [4.69, 9.17) is 40.5 Å². The molecular weight excluding hydrogens is 861 g/mol. The summed E-state index contributed by atoms with van der Waals surface area (Å²) in [5.41, 5.74) is -0.183. The van der Waals surface area contributed by atoms with Crippen LogP contribution in [0.5, 0.6) is 17.5 Å². The molecule has 12 nitrogen and oxygen atoms in total. The second-order valence-electron chi connectivity index (χ2n) is 16.7. The van der Waals surface area contributed by atoms with E-state index in [9.17, 15) is 26.7 Å². The number of alkyl halides is 5. The molecule has 0 N–H and O–H groups in total. The lowest BCUT2D eigenvalue weighted by Gasteiger charge is -2.36. The Hall–Kier alpha value is -5.68. The first-order chi connectivity index (χ1) is 30.5. The van der Waals surface area contributed by atoms with Crippen molar-refractivity contribution in [2.45, 2.75) is 70.9 Å². The van der Waals surface area contributed by atoms with Crippen LogP contribution in [0.1, 0.15) is 50.3 Å². The molecule has 5 aromatic rings. The van der Waals surface area contributed by atoms with Gasteiger partial charge in [-0.1, -0.05) is 35.9 Å². The fraction of sp³-hybridized carbons (Fsp3) is 0.435. The topological polar surface area (TPSA) is 106 Å². The zero-order chi connectivity index (χ0) is 45.8. The van der Waals surface area contributed by atoms with Gasteiger partial charge in [0.15, 0.2) is 0 Å². The van der Waals surface area contributed by atoms with Crippen molar-refractivity contribution >= 4 is 40.2 Å². The van der Waals surface area contributed by atoms with E-state index in [2.05, 4.69) is 4.98 Å². The third-order valence-electron chi connectivity index (χ3n) is 11.1. The zero-order valence-corrected chi connectivity index (χ0v) is 37.1. The third-order valence-corrected chi connectivity index (χ3v) is 11.4. The molecule has 4 heterocycles. The molecule has 2 aliphatic heterocycles. The quantitative estimate of drug-likeness (QED) is 0.0995. The van der Waals surface area contributed by atoms with Gasteiger partial charge in [0.05, 0.1) is 42.6 Å². The maximum atomic E-state index is 15.0. The highest BCUT2D eigenvalue weighted by Gasteiger charge is 2.36. The number of piperazine rings is 1. The van der Waals surface area contributed by atoms with E-state index < -0.39 is 42.1 Å². The molecule has 0 unspecified atom stereocenters. The van der Waals surface area contributed by atoms with Gasteiger partial charge in [-0.05, 0) is 99.8 Å². The molecule has 2 fully saturated rings. The predicted molar refractivity (Wildman–Crippen MR) is 235 cm³/mol. The first-order valence-corrected chi connectivity index (χ1v) is 21.3. The van der Waals surface area contributed by atoms with Gasteiger partial charge in [0.25, 0.3) is 6.43 Å². The molecular formula is C46H51ClF5N7O5. The highest BCUT2D eigenvalue weighted by Crippen LogP contribution is 2.42. The van der Waals surface area contributed by atoms with Crippen molar-refractivity contribution in [3.63, 3.8) is 0 Å². The number of hydrogen-bond donors (Lipinski definition) is 0. The lowest BCUT2D eigenvalue weighted by Crippen LogP contribution is -2.50. The van der Waals surface area contributed by atoms with Crippen molar-refractivity contribution in [1.82, 2.24) is 24.8 Å². The summed E-state index contributed by atoms with van der Waals surface area (Å²) in [6.07, 6.45) is -6.43. The highest BCUT2D eigenvalue weighted by atomic mass is 35.5. The number of fused-ring (bicyclic) bond motifs is 1. The molecule has 2 aliphatic rings. The van der Waals surface area contributed by atoms with Gasteiger partial charge < -0.3 is 33.6 Å². The summed E-state index contributed by atoms with van der Waals surface area (Å²) in [6, 6.07) is 19.7. The molecule has 3 aromatic carbocycles. The van der Waals surface area contributed by atoms with E-state index >= 15 is 0 Å². The number of ether oxygens (including phenoxy) is 4. The third kappa shape index (κ3) is 11.3. The van der Waals surface area contributed by atoms with Gasteiger partial charge in [-0.3, -0.25) is 4.90 Å². The number of likely N-dealkylation sites (tertiary alicyclic amines) is 1. The standard InChI is InChI=1S/C46H51ClF5N7O5/c1-45(2,3)64-44(60)57-21-19-56(20-22-57)42-35-23-37(47)34(24-38(35)53-43(55-42)63-28-31-7-6-18-58(31)27-39(48)49)41-36(46(50,51)52)16-17-40(54-41)59(25-29-8-12-32(61-4)13-9-29)26-30-10-14-33(62-5)15-11-30/h8-17,23-24,31,39H,6-7,18-22,25-28H2,1-5H3/t31-/m0/s1. The molecule has 7 rings (SSSR count). The van der Waals surface area contributed by atoms with Gasteiger partial charge in [-0.25, -0.2) is 18.6 Å². The van der Waals surface area contributed by atoms with E-state index in [0.29, 0.717) is 61.8 Å². The van der Waals surface area contributed by atoms with Crippen LogP contribution in [0.25, 0.3) is 22.2 Å². The number of benzene rings is 3. The maximum absolute atomic E-state index is 15.0. The van der Waals surface area contributed by atoms with Crippen LogP contribution >= 0.6 is 11.6 Å². The molecule has 2 aromatic heterocycles. The summed E-state index contributed by atoms with van der Waals surface area (Å²) in [7, 11) is 3.13. The lowest BCUT2D eigenvalue weighted by atomic mass is 10.0. The molecule has 0 aliphatic carbocycles. The minimum atomic E-state index is -4.82. The van der Waals surface area contributed by atoms with Crippen LogP contribution in [-0.2, 0) is 24.0 Å². The number of aromatic nitrogens is 3. The smallest absolute Gasteiger partial charge is 0.418 e. The molecule has 1 atom stereocenters. The Bertz CT molecular complexity index is 2350. The summed E-state index contributed by atoms with van der Waals surface area (Å²) < 4.78 is 94.2. The lowest BCUT2D eigenvalue weighted by molar-refractivity contribution is -0.137. The molecule has 0 radical (unpaired) electrons. The Morgan fingerprint density at radius 3 is 2.03 bits per heavy atom. The second-order valence-corrected chi connectivity index (χ2v) is 17.1. The van der Waals surface area contributed by atoms with Gasteiger partial charge >= 0.3 is 18.3 Å². The van der Waals surface area contributed by atoms with Crippen molar-refractivity contribution in [2.24, 2.45) is 0 Å². The summed E-state index contributed by atoms with van der Waals surface area (Å²) >= 11 is 7.00. The molecule has 0 bridgehead atoms. The Balaban J connectivity index is 1.29. The monoisotopic (exact) mass is 911 g/mol. The van der Waals surface area contributed by atoms with Crippen LogP contribution in [0, 0.1) is 0 Å². The molecule has 18 heteroatoms. The van der Waals surface area contributed by atoms with Crippen molar-refractivity contribution in [1.29, 1.82) is 0 Å². The largest absolute Gasteiger partial charge is 0.497 e. The maximum Gasteiger partial charge on any atom is 0.418 e. The SMILES string of the molecule is COc1ccc(CN(Cc2ccc(OC)cc2)c2ccc(C(F)(F)F)c(-c3cc4nc(OC[C@@H]5CCCN5CC(F)F)nc(N5CCN(C(=O)OC(C)(C)C)CC5)c4cc3Cl)n2)cc1. The number of halogens is 6. The van der Waals surface area contributed by atoms with Crippen LogP contribution < -0.4 is 24.0 Å². The number of nitrogens with zero attached hydrogens (tertiary/aromatic N) is 7. The van der Waals surface area contributed by atoms with E-state index in [0.717, 1.165) is 23.6 Å². The van der Waals surface area contributed by atoms with Crippen LogP contribution in [0.15, 0.2) is 72.8 Å². The van der Waals surface area contributed by atoms with E-state index in [1.165, 1.54) is 18.2 Å². The first kappa shape index (κ1) is 46.3. The predicted octanol–water partition coefficient (Wildman–Crippen LogP) is 9.75. The molecule has 64 heavy (non-hydrogen) atoms. The number of hydrogen-bond acceptors (Lipinski definition) is 11. The number of carbonyl (C=O) groups is 1. The molecule has 0 spiro atoms. The minimum absolute atomic E-state index is 0.0184. The number of pyridine rings is 1. The van der Waals surface area contributed by atoms with Crippen molar-refractivity contribution in [2.75, 3.05) is 69.9 Å². The molecule has 2 saturated heterocycles. The van der Waals surface area contributed by atoms with E-state index in [-0.39, 0.29) is 53.7 Å². The zero-order valence-electron chi connectivity index (χ0n) is 36.3. The van der Waals surface area contributed by atoms with Gasteiger partial charge in [0.1, 0.15) is 35.3 Å². The van der Waals surface area contributed by atoms with Gasteiger partial charge in [-0.2, -0.15) is 23.1 Å². The van der Waals surface area contributed by atoms with Crippen LogP contribution in [0.4, 0.5) is 38.4 Å². The fourth-order valence-electron chi connectivity index (χ4n) is 7.88. The van der Waals surface area contributed by atoms with Gasteiger partial charge in [0.2, 0.25) is 0 Å². The van der Waals surface area contributed by atoms with E-state index in [1.54, 1.807) is 44.8 Å². The average molecular weight is 912 g/mol. The van der Waals surface area contributed by atoms with Gasteiger partial charge in [0, 0.05) is 56.3 Å². The molecule has 0 saturated carbocycles. The average Bonchev–Trinajstić information content (AvgIpc) is 3.70. The summed E-state index contributed by atoms with van der Waals surface area (Å²) in [5.74, 6) is 1.95. The Morgan fingerprint density at radius 1 is 0.844 bits per heavy atom. The Kier molecular flexibility index (Phi) is 14.2. The Morgan fingerprint density at radius 2 is 1.47 bits per heavy atom. The number of carbonyl (C=O) groups excluding carboxylic acids is 1. The van der Waals surface area contributed by atoms with Crippen molar-refractivity contribution in [3.05, 3.63) is 94.5 Å². The van der Waals surface area contributed by atoms with Crippen molar-refractivity contribution < 1.29 is 45.7 Å². The Labute approximate surface area is 373 Å². The summed E-state index contributed by atoms with van der Waals surface area (Å²) in [5, 5.41) is 0.399. The normalized spacial score (nSPS) is 16.1. The first-order valence-electron chi connectivity index (χ1n) is 21.0. The number of amides is 1. The number of rotatable bonds is 14. The van der Waals surface area contributed by atoms with Crippen LogP contribution in [0.2, 0.25) is 5.02 Å². The number of methoxy groups -OCH3 is 2. The van der Waals surface area contributed by atoms with E-state index in [1.807, 2.05) is 58.3 Å². The van der Waals surface area contributed by atoms with Crippen molar-refractivity contribution in [3.8, 4) is 28.8 Å². The van der Waals surface area contributed by atoms with Crippen LogP contribution in [-0.4, -0.2) is 109 Å². The number of anilines is 2. The summed E-state index contributed by atoms with van der Waals surface area (Å²) in [6.45, 7) is 7.30. The molecule has 1 amide bonds. The van der Waals surface area contributed by atoms with Crippen LogP contribution in [0.3, 0.4) is 0 Å². The minimum Gasteiger partial charge on any atom is -0.497 e. The highest BCUT2D eigenvalue weighted by molar-refractivity contribution is 6.34.